The molecule has 2 amide bonds. The van der Waals surface area contributed by atoms with Crippen LogP contribution in [0, 0.1) is 10.1 Å². The van der Waals surface area contributed by atoms with Crippen LogP contribution < -0.4 is 10.1 Å². The van der Waals surface area contributed by atoms with Gasteiger partial charge in [0.25, 0.3) is 11.8 Å². The zero-order valence-corrected chi connectivity index (χ0v) is 18.8. The molecule has 0 aliphatic carbocycles. The van der Waals surface area contributed by atoms with Crippen molar-refractivity contribution in [1.29, 1.82) is 0 Å². The number of aliphatic hydroxyl groups excluding tert-OH is 1. The van der Waals surface area contributed by atoms with Gasteiger partial charge >= 0.3 is 12.2 Å². The number of amides is 2. The zero-order chi connectivity index (χ0) is 25.1. The Morgan fingerprint density at radius 1 is 1.17 bits per heavy atom. The van der Waals surface area contributed by atoms with Gasteiger partial charge in [-0.15, -0.1) is 0 Å². The number of ether oxygens (including phenoxy) is 2. The fourth-order valence-electron chi connectivity index (χ4n) is 3.64. The highest BCUT2D eigenvalue weighted by Gasteiger charge is 2.58. The molecule has 1 saturated heterocycles. The van der Waals surface area contributed by atoms with Crippen molar-refractivity contribution in [3.63, 3.8) is 0 Å². The molecule has 12 nitrogen and oxygen atoms in total. The molecule has 4 atom stereocenters. The number of esters is 1. The molecule has 13 heteroatoms. The average molecular weight is 501 g/mol. The van der Waals surface area contributed by atoms with Gasteiger partial charge < -0.3 is 19.9 Å². The molecule has 0 spiro atoms. The highest BCUT2D eigenvalue weighted by Crippen LogP contribution is 2.35. The first-order chi connectivity index (χ1) is 16.8. The van der Waals surface area contributed by atoms with E-state index in [0.29, 0.717) is 5.75 Å². The number of hydrogen-bond acceptors (Lipinski definition) is 9. The molecule has 1 fully saturated rings. The first-order valence-corrected chi connectivity index (χ1v) is 11.6. The minimum Gasteiger partial charge on any atom is -0.509 e. The molecule has 3 unspecified atom stereocenters. The van der Waals surface area contributed by atoms with Crippen molar-refractivity contribution in [3.8, 4) is 5.75 Å². The molecule has 2 aromatic rings. The Morgan fingerprint density at radius 2 is 1.80 bits per heavy atom. The molecule has 0 saturated carbocycles. The maximum Gasteiger partial charge on any atom is 0.383 e. The SMILES string of the molecule is O=C(COc1ccccc1)NC1C(=O)N2C(C(=O)OC(c3ccccc3)[N+](=O)[O-])=C(O)CS(=O)[C@@H]12. The molecular formula is C22H19N3O9S. The Morgan fingerprint density at radius 3 is 2.43 bits per heavy atom. The van der Waals surface area contributed by atoms with Gasteiger partial charge in [0.05, 0.1) is 27.0 Å². The number of nitrogens with one attached hydrogen (secondary N) is 1. The summed E-state index contributed by atoms with van der Waals surface area (Å²) in [6, 6.07) is 14.7. The van der Waals surface area contributed by atoms with E-state index in [1.165, 1.54) is 24.3 Å². The number of carbonyl (C=O) groups is 3. The third-order valence-corrected chi connectivity index (χ3v) is 6.80. The van der Waals surface area contributed by atoms with Crippen LogP contribution in [0.1, 0.15) is 11.8 Å². The highest BCUT2D eigenvalue weighted by atomic mass is 32.2. The molecule has 4 rings (SSSR count). The number of nitro groups is 1. The molecular weight excluding hydrogens is 482 g/mol. The summed E-state index contributed by atoms with van der Waals surface area (Å²) < 4.78 is 22.9. The summed E-state index contributed by atoms with van der Waals surface area (Å²) >= 11 is 0. The maximum atomic E-state index is 12.8. The molecule has 182 valence electrons. The standard InChI is InChI=1S/C22H19N3O9S/c26-15-12-35(32)21-17(23-16(27)11-33-14-9-5-2-6-10-14)19(28)24(21)18(15)22(29)34-20(25(30)31)13-7-3-1-4-8-13/h1-10,17,20-21,26H,11-12H2,(H,23,27)/t17?,20?,21-,35?/m0/s1. The highest BCUT2D eigenvalue weighted by molar-refractivity contribution is 7.86. The number of benzene rings is 2. The number of β-lactam (4-membered cyclic amide) rings is 1. The van der Waals surface area contributed by atoms with Crippen LogP contribution >= 0.6 is 0 Å². The minimum atomic E-state index is -1.89. The number of rotatable bonds is 8. The summed E-state index contributed by atoms with van der Waals surface area (Å²) in [5, 5.41) is 23.0. The monoisotopic (exact) mass is 501 g/mol. The summed E-state index contributed by atoms with van der Waals surface area (Å²) in [5.74, 6) is -3.59. The van der Waals surface area contributed by atoms with Crippen LogP contribution in [0.4, 0.5) is 0 Å². The van der Waals surface area contributed by atoms with Gasteiger partial charge in [-0.25, -0.2) is 4.79 Å². The Kier molecular flexibility index (Phi) is 6.78. The van der Waals surface area contributed by atoms with Crippen LogP contribution in [0.3, 0.4) is 0 Å². The number of aliphatic hydroxyl groups is 1. The zero-order valence-electron chi connectivity index (χ0n) is 17.9. The van der Waals surface area contributed by atoms with Crippen molar-refractivity contribution in [2.45, 2.75) is 17.6 Å². The topological polar surface area (TPSA) is 165 Å². The molecule has 2 aliphatic heterocycles. The van der Waals surface area contributed by atoms with E-state index in [4.69, 9.17) is 9.47 Å². The second kappa shape index (κ2) is 9.93. The van der Waals surface area contributed by atoms with Gasteiger partial charge in [0.2, 0.25) is 0 Å². The summed E-state index contributed by atoms with van der Waals surface area (Å²) in [6.07, 6.45) is -1.89. The third kappa shape index (κ3) is 4.84. The van der Waals surface area contributed by atoms with Gasteiger partial charge in [-0.1, -0.05) is 36.4 Å². The van der Waals surface area contributed by atoms with Crippen LogP contribution in [0.5, 0.6) is 5.75 Å². The lowest BCUT2D eigenvalue weighted by Crippen LogP contribution is -2.74. The number of para-hydroxylation sites is 1. The van der Waals surface area contributed by atoms with Gasteiger partial charge in [-0.3, -0.25) is 28.8 Å². The van der Waals surface area contributed by atoms with E-state index in [1.54, 1.807) is 36.4 Å². The molecule has 2 aliphatic rings. The summed E-state index contributed by atoms with van der Waals surface area (Å²) in [4.78, 5) is 49.2. The van der Waals surface area contributed by atoms with Crippen LogP contribution in [0.15, 0.2) is 72.1 Å². The van der Waals surface area contributed by atoms with Crippen molar-refractivity contribution in [2.24, 2.45) is 0 Å². The molecule has 0 aromatic heterocycles. The van der Waals surface area contributed by atoms with E-state index >= 15 is 0 Å². The molecule has 35 heavy (non-hydrogen) atoms. The van der Waals surface area contributed by atoms with E-state index in [0.717, 1.165) is 4.90 Å². The van der Waals surface area contributed by atoms with Gasteiger partial charge in [-0.2, -0.15) is 0 Å². The quantitative estimate of drug-likeness (QED) is 0.175. The number of fused-ring (bicyclic) bond motifs is 1. The van der Waals surface area contributed by atoms with Crippen molar-refractivity contribution in [2.75, 3.05) is 12.4 Å². The maximum absolute atomic E-state index is 12.8. The Balaban J connectivity index is 1.46. The predicted octanol–water partition coefficient (Wildman–Crippen LogP) is 0.769. The third-order valence-electron chi connectivity index (χ3n) is 5.22. The predicted molar refractivity (Wildman–Crippen MR) is 119 cm³/mol. The van der Waals surface area contributed by atoms with Crippen molar-refractivity contribution < 1.29 is 38.1 Å². The first kappa shape index (κ1) is 23.9. The fraction of sp³-hybridized carbons (Fsp3) is 0.227. The van der Waals surface area contributed by atoms with E-state index in [2.05, 4.69) is 5.32 Å². The number of carbonyl (C=O) groups excluding carboxylic acids is 3. The second-order valence-electron chi connectivity index (χ2n) is 7.52. The van der Waals surface area contributed by atoms with E-state index < -0.39 is 75.0 Å². The Labute approximate surface area is 200 Å². The van der Waals surface area contributed by atoms with Crippen molar-refractivity contribution >= 4 is 28.6 Å². The summed E-state index contributed by atoms with van der Waals surface area (Å²) in [5.41, 5.74) is -0.575. The van der Waals surface area contributed by atoms with E-state index in [9.17, 15) is 33.8 Å². The second-order valence-corrected chi connectivity index (χ2v) is 9.05. The van der Waals surface area contributed by atoms with E-state index in [-0.39, 0.29) is 5.56 Å². The largest absolute Gasteiger partial charge is 0.509 e. The smallest absolute Gasteiger partial charge is 0.383 e. The van der Waals surface area contributed by atoms with Gasteiger partial charge in [0, 0.05) is 0 Å². The lowest BCUT2D eigenvalue weighted by atomic mass is 10.0. The van der Waals surface area contributed by atoms with Crippen molar-refractivity contribution in [1.82, 2.24) is 10.2 Å². The van der Waals surface area contributed by atoms with Crippen LogP contribution in [0.2, 0.25) is 0 Å². The van der Waals surface area contributed by atoms with Gasteiger partial charge in [0.1, 0.15) is 22.9 Å². The van der Waals surface area contributed by atoms with Crippen LogP contribution in [-0.2, 0) is 29.9 Å². The van der Waals surface area contributed by atoms with Crippen LogP contribution in [0.25, 0.3) is 0 Å². The molecule has 2 heterocycles. The Bertz CT molecular complexity index is 1220. The average Bonchev–Trinajstić information content (AvgIpc) is 2.85. The lowest BCUT2D eigenvalue weighted by Gasteiger charge is -2.48. The fourth-order valence-corrected chi connectivity index (χ4v) is 5.15. The summed E-state index contributed by atoms with van der Waals surface area (Å²) in [7, 11) is -1.86. The first-order valence-electron chi connectivity index (χ1n) is 10.3. The van der Waals surface area contributed by atoms with Crippen molar-refractivity contribution in [3.05, 3.63) is 87.8 Å². The summed E-state index contributed by atoms with van der Waals surface area (Å²) in [6.45, 7) is -0.412. The molecule has 0 radical (unpaired) electrons. The lowest BCUT2D eigenvalue weighted by molar-refractivity contribution is -0.575. The minimum absolute atomic E-state index is 0.0698. The Hall–Kier alpha value is -4.26. The normalized spacial score (nSPS) is 21.9. The molecule has 0 bridgehead atoms. The number of hydrogen-bond donors (Lipinski definition) is 2. The molecule has 2 aromatic carbocycles. The van der Waals surface area contributed by atoms with Crippen LogP contribution in [-0.4, -0.2) is 60.7 Å². The van der Waals surface area contributed by atoms with E-state index in [1.807, 2.05) is 0 Å². The molecule has 2 N–H and O–H groups in total. The number of nitrogens with zero attached hydrogens (tertiary/aromatic N) is 2. The van der Waals surface area contributed by atoms with Gasteiger partial charge in [-0.05, 0) is 24.3 Å². The van der Waals surface area contributed by atoms with Gasteiger partial charge in [0.15, 0.2) is 12.3 Å².